The lowest BCUT2D eigenvalue weighted by Gasteiger charge is -2.32. The van der Waals surface area contributed by atoms with Crippen LogP contribution in [-0.4, -0.2) is 38.7 Å². The van der Waals surface area contributed by atoms with Gasteiger partial charge in [0, 0.05) is 16.9 Å². The van der Waals surface area contributed by atoms with E-state index in [-0.39, 0.29) is 5.56 Å². The Balaban J connectivity index is 2.46. The molecule has 9 heteroatoms. The first kappa shape index (κ1) is 24.1. The number of rotatable bonds is 6. The van der Waals surface area contributed by atoms with E-state index in [9.17, 15) is 14.5 Å². The Bertz CT molecular complexity index is 765. The molecule has 0 bridgehead atoms. The van der Waals surface area contributed by atoms with Crippen LogP contribution in [0.3, 0.4) is 0 Å². The highest BCUT2D eigenvalue weighted by Gasteiger charge is 2.52. The SMILES string of the molecule is Cc1cc(B2OC(C)(C)C(C)(C)O2)cc(C(CC(=O)O)N[S@+]([O-])C(C)(C)C)c1F. The number of hydrogen-bond donors (Lipinski definition) is 2. The third-order valence-electron chi connectivity index (χ3n) is 5.39. The molecule has 0 radical (unpaired) electrons. The molecule has 0 aromatic heterocycles. The van der Waals surface area contributed by atoms with Crippen LogP contribution < -0.4 is 10.2 Å². The Morgan fingerprint density at radius 2 is 1.79 bits per heavy atom. The van der Waals surface area contributed by atoms with E-state index in [1.165, 1.54) is 0 Å². The van der Waals surface area contributed by atoms with Gasteiger partial charge in [-0.05, 0) is 66.4 Å². The lowest BCUT2D eigenvalue weighted by molar-refractivity contribution is -0.137. The van der Waals surface area contributed by atoms with E-state index in [1.807, 2.05) is 27.7 Å². The molecule has 1 aromatic carbocycles. The predicted molar refractivity (Wildman–Crippen MR) is 113 cm³/mol. The standard InChI is InChI=1S/C20H31BFNO5S/c1-12-9-13(21-27-19(5,6)20(7,8)28-21)10-14(17(12)22)15(11-16(24)25)23-29(26)18(2,3)4/h9-10,15,23H,11H2,1-8H3,(H,24,25)/t15?,29-/m1/s1. The van der Waals surface area contributed by atoms with E-state index in [0.29, 0.717) is 11.0 Å². The molecular formula is C20H31BFNO5S. The minimum atomic E-state index is -1.58. The average Bonchev–Trinajstić information content (AvgIpc) is 2.75. The van der Waals surface area contributed by atoms with Crippen LogP contribution in [0.4, 0.5) is 4.39 Å². The number of aliphatic carboxylic acids is 1. The molecule has 1 aromatic rings. The van der Waals surface area contributed by atoms with Crippen molar-refractivity contribution < 1.29 is 28.2 Å². The normalized spacial score (nSPS) is 20.6. The van der Waals surface area contributed by atoms with E-state index in [2.05, 4.69) is 4.72 Å². The summed E-state index contributed by atoms with van der Waals surface area (Å²) in [5.74, 6) is -1.65. The zero-order valence-electron chi connectivity index (χ0n) is 18.4. The van der Waals surface area contributed by atoms with Crippen molar-refractivity contribution in [2.45, 2.75) is 83.8 Å². The van der Waals surface area contributed by atoms with Gasteiger partial charge in [-0.25, -0.2) is 4.39 Å². The highest BCUT2D eigenvalue weighted by Crippen LogP contribution is 2.37. The molecule has 1 fully saturated rings. The molecule has 0 amide bonds. The van der Waals surface area contributed by atoms with Crippen LogP contribution in [0.1, 0.15) is 72.1 Å². The predicted octanol–water partition coefficient (Wildman–Crippen LogP) is 3.00. The third-order valence-corrected chi connectivity index (χ3v) is 7.00. The highest BCUT2D eigenvalue weighted by atomic mass is 32.2. The number of carboxylic acids is 1. The highest BCUT2D eigenvalue weighted by molar-refractivity contribution is 7.90. The quantitative estimate of drug-likeness (QED) is 0.536. The van der Waals surface area contributed by atoms with E-state index in [1.54, 1.807) is 39.8 Å². The summed E-state index contributed by atoms with van der Waals surface area (Å²) in [6.45, 7) is 14.6. The minimum absolute atomic E-state index is 0.134. The lowest BCUT2D eigenvalue weighted by atomic mass is 9.76. The van der Waals surface area contributed by atoms with Crippen molar-refractivity contribution in [3.05, 3.63) is 29.1 Å². The van der Waals surface area contributed by atoms with Crippen LogP contribution in [0.25, 0.3) is 0 Å². The number of carbonyl (C=O) groups is 1. The van der Waals surface area contributed by atoms with Crippen molar-refractivity contribution >= 4 is 29.9 Å². The molecule has 0 spiro atoms. The number of benzene rings is 1. The van der Waals surface area contributed by atoms with Gasteiger partial charge in [0.2, 0.25) is 0 Å². The molecule has 1 heterocycles. The molecule has 162 valence electrons. The summed E-state index contributed by atoms with van der Waals surface area (Å²) in [6, 6.07) is 2.22. The van der Waals surface area contributed by atoms with Crippen LogP contribution >= 0.6 is 0 Å². The summed E-state index contributed by atoms with van der Waals surface area (Å²) in [6.07, 6.45) is -0.412. The van der Waals surface area contributed by atoms with Gasteiger partial charge in [-0.15, -0.1) is 4.72 Å². The fourth-order valence-electron chi connectivity index (χ4n) is 2.89. The molecule has 2 rings (SSSR count). The van der Waals surface area contributed by atoms with Gasteiger partial charge in [-0.3, -0.25) is 4.79 Å². The van der Waals surface area contributed by atoms with Gasteiger partial charge in [0.1, 0.15) is 10.6 Å². The fourth-order valence-corrected chi connectivity index (χ4v) is 3.71. The Labute approximate surface area is 176 Å². The van der Waals surface area contributed by atoms with Crippen molar-refractivity contribution in [2.75, 3.05) is 0 Å². The van der Waals surface area contributed by atoms with E-state index >= 15 is 4.39 Å². The molecule has 2 N–H and O–H groups in total. The Kier molecular flexibility index (Phi) is 6.82. The number of halogens is 1. The van der Waals surface area contributed by atoms with Crippen molar-refractivity contribution in [3.8, 4) is 0 Å². The molecule has 1 unspecified atom stereocenters. The second-order valence-electron chi connectivity index (χ2n) is 9.48. The molecule has 6 nitrogen and oxygen atoms in total. The zero-order chi connectivity index (χ0) is 22.4. The maximum atomic E-state index is 15.0. The fraction of sp³-hybridized carbons (Fsp3) is 0.650. The second-order valence-corrected chi connectivity index (χ2v) is 11.5. The summed E-state index contributed by atoms with van der Waals surface area (Å²) in [5.41, 5.74) is -0.0593. The van der Waals surface area contributed by atoms with Gasteiger partial charge >= 0.3 is 13.1 Å². The Morgan fingerprint density at radius 1 is 1.28 bits per heavy atom. The molecule has 1 saturated heterocycles. The average molecular weight is 427 g/mol. The van der Waals surface area contributed by atoms with Crippen LogP contribution in [0.2, 0.25) is 0 Å². The molecule has 1 aliphatic rings. The molecule has 29 heavy (non-hydrogen) atoms. The summed E-state index contributed by atoms with van der Waals surface area (Å²) in [4.78, 5) is 11.4. The monoisotopic (exact) mass is 427 g/mol. The van der Waals surface area contributed by atoms with Crippen LogP contribution in [0.5, 0.6) is 0 Å². The summed E-state index contributed by atoms with van der Waals surface area (Å²) in [7, 11) is -0.711. The van der Waals surface area contributed by atoms with Crippen molar-refractivity contribution in [1.29, 1.82) is 0 Å². The Hall–Kier alpha value is -1.13. The van der Waals surface area contributed by atoms with Crippen molar-refractivity contribution in [1.82, 2.24) is 4.72 Å². The second kappa shape index (κ2) is 8.19. The zero-order valence-corrected chi connectivity index (χ0v) is 19.2. The Morgan fingerprint density at radius 3 is 2.24 bits per heavy atom. The molecule has 0 aliphatic carbocycles. The molecule has 1 aliphatic heterocycles. The maximum absolute atomic E-state index is 15.0. The van der Waals surface area contributed by atoms with Gasteiger partial charge in [0.15, 0.2) is 0 Å². The number of hydrogen-bond acceptors (Lipinski definition) is 5. The molecular weight excluding hydrogens is 396 g/mol. The largest absolute Gasteiger partial charge is 0.598 e. The van der Waals surface area contributed by atoms with Gasteiger partial charge in [-0.1, -0.05) is 12.1 Å². The van der Waals surface area contributed by atoms with Gasteiger partial charge in [0.25, 0.3) is 0 Å². The first-order valence-corrected chi connectivity index (χ1v) is 10.8. The maximum Gasteiger partial charge on any atom is 0.494 e. The summed E-state index contributed by atoms with van der Waals surface area (Å²) in [5, 5.41) is 9.33. The number of aryl methyl sites for hydroxylation is 1. The third kappa shape index (κ3) is 5.33. The van der Waals surface area contributed by atoms with E-state index in [4.69, 9.17) is 9.31 Å². The van der Waals surface area contributed by atoms with E-state index < -0.39 is 58.7 Å². The van der Waals surface area contributed by atoms with Crippen LogP contribution in [0, 0.1) is 12.7 Å². The van der Waals surface area contributed by atoms with Gasteiger partial charge < -0.3 is 19.0 Å². The summed E-state index contributed by atoms with van der Waals surface area (Å²) < 4.78 is 41.8. The van der Waals surface area contributed by atoms with E-state index in [0.717, 1.165) is 0 Å². The van der Waals surface area contributed by atoms with Crippen molar-refractivity contribution in [2.24, 2.45) is 0 Å². The number of nitrogens with one attached hydrogen (secondary N) is 1. The van der Waals surface area contributed by atoms with Crippen LogP contribution in [-0.2, 0) is 25.5 Å². The topological polar surface area (TPSA) is 90.9 Å². The molecule has 2 atom stereocenters. The van der Waals surface area contributed by atoms with Crippen molar-refractivity contribution in [3.63, 3.8) is 0 Å². The van der Waals surface area contributed by atoms with Gasteiger partial charge in [0.05, 0.1) is 23.7 Å². The van der Waals surface area contributed by atoms with Crippen LogP contribution in [0.15, 0.2) is 12.1 Å². The smallest absolute Gasteiger partial charge is 0.494 e. The first-order valence-electron chi connectivity index (χ1n) is 9.60. The first-order chi connectivity index (χ1) is 13.0. The molecule has 0 saturated carbocycles. The lowest BCUT2D eigenvalue weighted by Crippen LogP contribution is -2.42. The minimum Gasteiger partial charge on any atom is -0.598 e. The number of carboxylic acid groups (broad SMARTS) is 1. The van der Waals surface area contributed by atoms with Gasteiger partial charge in [-0.2, -0.15) is 0 Å². The summed E-state index contributed by atoms with van der Waals surface area (Å²) >= 11 is -1.58.